The van der Waals surface area contributed by atoms with Gasteiger partial charge in [0.25, 0.3) is 0 Å². The van der Waals surface area contributed by atoms with Gasteiger partial charge in [-0.1, -0.05) is 78.9 Å². The number of fused-ring (bicyclic) bond motifs is 2. The fraction of sp³-hybridized carbons (Fsp3) is 0.250. The van der Waals surface area contributed by atoms with E-state index in [0.29, 0.717) is 16.6 Å². The first-order chi connectivity index (χ1) is 17.0. The highest BCUT2D eigenvalue weighted by Gasteiger charge is 2.36. The Balaban J connectivity index is 1.41. The minimum absolute atomic E-state index is 0.0440. The largest absolute Gasteiger partial charge is 0.359 e. The summed E-state index contributed by atoms with van der Waals surface area (Å²) in [6, 6.07) is 27.5. The highest BCUT2D eigenvalue weighted by atomic mass is 32.2. The van der Waals surface area contributed by atoms with Gasteiger partial charge in [0.1, 0.15) is 5.37 Å². The normalized spacial score (nSPS) is 15.7. The van der Waals surface area contributed by atoms with Crippen LogP contribution in [-0.2, 0) is 16.4 Å². The summed E-state index contributed by atoms with van der Waals surface area (Å²) < 4.78 is 28.1. The molecule has 5 nitrogen and oxygen atoms in total. The molecule has 0 amide bonds. The Morgan fingerprint density at radius 1 is 0.857 bits per heavy atom. The number of sulfone groups is 1. The molecule has 0 spiro atoms. The molecule has 180 valence electrons. The molecule has 1 aliphatic heterocycles. The number of piperidine rings is 1. The van der Waals surface area contributed by atoms with Crippen LogP contribution in [0.1, 0.15) is 18.4 Å². The van der Waals surface area contributed by atoms with Crippen LogP contribution in [0.25, 0.3) is 21.5 Å². The van der Waals surface area contributed by atoms with E-state index in [1.54, 1.807) is 6.07 Å². The SMILES string of the molecule is O=S(=O)(c1cccc2ccccc12)C(NC(=S)NCc1cccc2ccccc12)C1CCNCC1. The van der Waals surface area contributed by atoms with E-state index in [4.69, 9.17) is 12.2 Å². The van der Waals surface area contributed by atoms with Gasteiger partial charge in [0.2, 0.25) is 0 Å². The highest BCUT2D eigenvalue weighted by Crippen LogP contribution is 2.30. The monoisotopic (exact) mass is 503 g/mol. The highest BCUT2D eigenvalue weighted by molar-refractivity contribution is 7.92. The van der Waals surface area contributed by atoms with Gasteiger partial charge in [-0.3, -0.25) is 0 Å². The summed E-state index contributed by atoms with van der Waals surface area (Å²) in [5, 5.41) is 13.3. The molecule has 0 bridgehead atoms. The van der Waals surface area contributed by atoms with Crippen LogP contribution in [0.5, 0.6) is 0 Å². The maximum atomic E-state index is 14.1. The van der Waals surface area contributed by atoms with Crippen molar-refractivity contribution in [2.24, 2.45) is 5.92 Å². The second kappa shape index (κ2) is 10.3. The van der Waals surface area contributed by atoms with Crippen molar-refractivity contribution in [3.05, 3.63) is 90.5 Å². The second-order valence-electron chi connectivity index (χ2n) is 9.00. The van der Waals surface area contributed by atoms with E-state index in [9.17, 15) is 8.42 Å². The molecule has 0 saturated carbocycles. The van der Waals surface area contributed by atoms with Crippen LogP contribution in [0.3, 0.4) is 0 Å². The summed E-state index contributed by atoms with van der Waals surface area (Å²) in [4.78, 5) is 0.350. The Hall–Kier alpha value is -3.00. The van der Waals surface area contributed by atoms with Gasteiger partial charge in [0.15, 0.2) is 14.9 Å². The molecule has 0 aliphatic carbocycles. The van der Waals surface area contributed by atoms with Crippen LogP contribution in [0.4, 0.5) is 0 Å². The Bertz CT molecular complexity index is 1450. The predicted molar refractivity (Wildman–Crippen MR) is 147 cm³/mol. The van der Waals surface area contributed by atoms with Gasteiger partial charge >= 0.3 is 0 Å². The summed E-state index contributed by atoms with van der Waals surface area (Å²) in [5.41, 5.74) is 1.11. The summed E-state index contributed by atoms with van der Waals surface area (Å²) in [5.74, 6) is -0.0440. The first-order valence-electron chi connectivity index (χ1n) is 12.0. The van der Waals surface area contributed by atoms with Gasteiger partial charge in [-0.25, -0.2) is 8.42 Å². The second-order valence-corrected chi connectivity index (χ2v) is 11.4. The maximum Gasteiger partial charge on any atom is 0.200 e. The van der Waals surface area contributed by atoms with E-state index < -0.39 is 15.2 Å². The fourth-order valence-electron chi connectivity index (χ4n) is 4.98. The molecule has 5 rings (SSSR count). The van der Waals surface area contributed by atoms with Crippen LogP contribution in [0.2, 0.25) is 0 Å². The van der Waals surface area contributed by atoms with E-state index in [1.165, 1.54) is 0 Å². The topological polar surface area (TPSA) is 70.2 Å². The lowest BCUT2D eigenvalue weighted by Gasteiger charge is -2.32. The van der Waals surface area contributed by atoms with Gasteiger partial charge in [-0.05, 0) is 71.9 Å². The number of benzene rings is 4. The van der Waals surface area contributed by atoms with Crippen molar-refractivity contribution in [1.29, 1.82) is 0 Å². The average Bonchev–Trinajstić information content (AvgIpc) is 2.90. The average molecular weight is 504 g/mol. The van der Waals surface area contributed by atoms with E-state index >= 15 is 0 Å². The molecule has 1 unspecified atom stereocenters. The fourth-order valence-corrected chi connectivity index (χ4v) is 7.34. The molecule has 4 aromatic rings. The van der Waals surface area contributed by atoms with Crippen molar-refractivity contribution >= 4 is 48.7 Å². The minimum Gasteiger partial charge on any atom is -0.359 e. The molecule has 0 radical (unpaired) electrons. The number of nitrogens with one attached hydrogen (secondary N) is 3. The first-order valence-corrected chi connectivity index (χ1v) is 13.9. The summed E-state index contributed by atoms with van der Waals surface area (Å²) in [7, 11) is -3.71. The van der Waals surface area contributed by atoms with Crippen LogP contribution in [0, 0.1) is 5.92 Å². The Kier molecular flexibility index (Phi) is 7.00. The summed E-state index contributed by atoms with van der Waals surface area (Å²) in [6.07, 6.45) is 1.54. The lowest BCUT2D eigenvalue weighted by molar-refractivity contribution is 0.344. The van der Waals surface area contributed by atoms with Crippen molar-refractivity contribution in [2.45, 2.75) is 29.7 Å². The van der Waals surface area contributed by atoms with Crippen LogP contribution in [0.15, 0.2) is 89.8 Å². The molecule has 1 aliphatic rings. The van der Waals surface area contributed by atoms with Gasteiger partial charge in [-0.2, -0.15) is 0 Å². The zero-order valence-electron chi connectivity index (χ0n) is 19.4. The van der Waals surface area contributed by atoms with Crippen molar-refractivity contribution < 1.29 is 8.42 Å². The van der Waals surface area contributed by atoms with E-state index in [1.807, 2.05) is 54.6 Å². The third kappa shape index (κ3) is 5.03. The maximum absolute atomic E-state index is 14.1. The first kappa shape index (κ1) is 23.7. The van der Waals surface area contributed by atoms with Crippen molar-refractivity contribution in [2.75, 3.05) is 13.1 Å². The quantitative estimate of drug-likeness (QED) is 0.330. The molecule has 1 atom stereocenters. The van der Waals surface area contributed by atoms with Gasteiger partial charge < -0.3 is 16.0 Å². The summed E-state index contributed by atoms with van der Waals surface area (Å²) in [6.45, 7) is 2.11. The van der Waals surface area contributed by atoms with Crippen LogP contribution >= 0.6 is 12.2 Å². The molecule has 3 N–H and O–H groups in total. The number of hydrogen-bond acceptors (Lipinski definition) is 4. The standard InChI is InChI=1S/C28H29N3O2S2/c32-35(33,26-14-6-10-21-8-2-4-13-25(21)26)27(22-15-17-29-18-16-22)31-28(34)30-19-23-11-5-9-20-7-1-3-12-24(20)23/h1-14,22,27,29H,15-19H2,(H2,30,31,34). The number of hydrogen-bond donors (Lipinski definition) is 3. The molecule has 0 aromatic heterocycles. The van der Waals surface area contributed by atoms with Crippen LogP contribution in [-0.4, -0.2) is 32.0 Å². The zero-order valence-corrected chi connectivity index (χ0v) is 21.0. The molecule has 7 heteroatoms. The minimum atomic E-state index is -3.71. The molecular weight excluding hydrogens is 474 g/mol. The lowest BCUT2D eigenvalue weighted by Crippen LogP contribution is -2.51. The third-order valence-corrected chi connectivity index (χ3v) is 9.20. The smallest absolute Gasteiger partial charge is 0.200 e. The van der Waals surface area contributed by atoms with Gasteiger partial charge in [0, 0.05) is 11.9 Å². The van der Waals surface area contributed by atoms with Crippen molar-refractivity contribution in [3.63, 3.8) is 0 Å². The predicted octanol–water partition coefficient (Wildman–Crippen LogP) is 4.76. The lowest BCUT2D eigenvalue weighted by atomic mass is 9.98. The molecule has 1 heterocycles. The molecular formula is C28H29N3O2S2. The summed E-state index contributed by atoms with van der Waals surface area (Å²) >= 11 is 5.63. The van der Waals surface area contributed by atoms with E-state index in [-0.39, 0.29) is 5.92 Å². The van der Waals surface area contributed by atoms with Gasteiger partial charge in [0.05, 0.1) is 4.90 Å². The van der Waals surface area contributed by atoms with Crippen molar-refractivity contribution in [1.82, 2.24) is 16.0 Å². The van der Waals surface area contributed by atoms with E-state index in [2.05, 4.69) is 40.2 Å². The molecule has 35 heavy (non-hydrogen) atoms. The van der Waals surface area contributed by atoms with E-state index in [0.717, 1.165) is 53.0 Å². The van der Waals surface area contributed by atoms with Crippen LogP contribution < -0.4 is 16.0 Å². The Morgan fingerprint density at radius 3 is 2.20 bits per heavy atom. The Labute approximate surface area is 211 Å². The molecule has 1 fully saturated rings. The molecule has 1 saturated heterocycles. The van der Waals surface area contributed by atoms with Crippen molar-refractivity contribution in [3.8, 4) is 0 Å². The number of rotatable bonds is 6. The third-order valence-electron chi connectivity index (χ3n) is 6.80. The zero-order chi connectivity index (χ0) is 24.3. The van der Waals surface area contributed by atoms with Gasteiger partial charge in [-0.15, -0.1) is 0 Å². The number of thiocarbonyl (C=S) groups is 1. The molecule has 4 aromatic carbocycles. The Morgan fingerprint density at radius 2 is 1.46 bits per heavy atom.